The van der Waals surface area contributed by atoms with Crippen molar-refractivity contribution in [2.75, 3.05) is 13.1 Å². The molecule has 1 aromatic heterocycles. The first-order chi connectivity index (χ1) is 9.47. The predicted molar refractivity (Wildman–Crippen MR) is 72.2 cm³/mol. The second-order valence-electron chi connectivity index (χ2n) is 4.93. The van der Waals surface area contributed by atoms with Crippen molar-refractivity contribution in [3.63, 3.8) is 0 Å². The molecule has 0 unspecified atom stereocenters. The molecule has 0 aromatic carbocycles. The average molecular weight is 278 g/mol. The van der Waals surface area contributed by atoms with Crippen molar-refractivity contribution in [1.29, 1.82) is 0 Å². The third kappa shape index (κ3) is 3.23. The number of hydrogen-bond donors (Lipinski definition) is 1. The van der Waals surface area contributed by atoms with E-state index in [2.05, 4.69) is 10.4 Å². The summed E-state index contributed by atoms with van der Waals surface area (Å²) in [4.78, 5) is 36.2. The number of piperidine rings is 1. The van der Waals surface area contributed by atoms with Crippen LogP contribution in [0.2, 0.25) is 0 Å². The summed E-state index contributed by atoms with van der Waals surface area (Å²) in [7, 11) is 1.50. The Hall–Kier alpha value is -2.18. The van der Waals surface area contributed by atoms with Gasteiger partial charge in [0.25, 0.3) is 11.5 Å². The van der Waals surface area contributed by atoms with E-state index in [1.165, 1.54) is 19.2 Å². The lowest BCUT2D eigenvalue weighted by molar-refractivity contribution is -0.129. The van der Waals surface area contributed by atoms with Crippen molar-refractivity contribution in [3.05, 3.63) is 28.2 Å². The minimum Gasteiger partial charge on any atom is -0.348 e. The van der Waals surface area contributed by atoms with Crippen LogP contribution in [0.3, 0.4) is 0 Å². The highest BCUT2D eigenvalue weighted by Gasteiger charge is 2.22. The molecule has 1 aliphatic heterocycles. The number of carbonyl (C=O) groups is 2. The van der Waals surface area contributed by atoms with Crippen LogP contribution in [0.5, 0.6) is 0 Å². The van der Waals surface area contributed by atoms with Gasteiger partial charge in [-0.3, -0.25) is 14.4 Å². The Balaban J connectivity index is 1.94. The van der Waals surface area contributed by atoms with Gasteiger partial charge in [-0.1, -0.05) is 0 Å². The van der Waals surface area contributed by atoms with Gasteiger partial charge in [-0.2, -0.15) is 5.10 Å². The highest BCUT2D eigenvalue weighted by molar-refractivity contribution is 5.92. The van der Waals surface area contributed by atoms with Crippen molar-refractivity contribution in [2.24, 2.45) is 7.05 Å². The van der Waals surface area contributed by atoms with Crippen LogP contribution in [0.15, 0.2) is 16.9 Å². The molecule has 0 saturated carbocycles. The number of hydrogen-bond acceptors (Lipinski definition) is 4. The van der Waals surface area contributed by atoms with Gasteiger partial charge >= 0.3 is 0 Å². The second-order valence-corrected chi connectivity index (χ2v) is 4.93. The molecule has 2 amide bonds. The van der Waals surface area contributed by atoms with Gasteiger partial charge in [0.05, 0.1) is 0 Å². The van der Waals surface area contributed by atoms with Crippen LogP contribution in [0.4, 0.5) is 0 Å². The van der Waals surface area contributed by atoms with Gasteiger partial charge in [0, 0.05) is 39.2 Å². The molecular weight excluding hydrogens is 260 g/mol. The zero-order valence-corrected chi connectivity index (χ0v) is 11.6. The lowest BCUT2D eigenvalue weighted by Gasteiger charge is -2.31. The fraction of sp³-hybridized carbons (Fsp3) is 0.538. The van der Waals surface area contributed by atoms with E-state index in [1.807, 2.05) is 0 Å². The van der Waals surface area contributed by atoms with Gasteiger partial charge in [0.15, 0.2) is 0 Å². The minimum atomic E-state index is -0.290. The van der Waals surface area contributed by atoms with Crippen LogP contribution in [-0.2, 0) is 11.8 Å². The lowest BCUT2D eigenvalue weighted by Crippen LogP contribution is -2.46. The zero-order valence-electron chi connectivity index (χ0n) is 11.6. The van der Waals surface area contributed by atoms with E-state index in [-0.39, 0.29) is 29.1 Å². The first-order valence-electron chi connectivity index (χ1n) is 6.58. The summed E-state index contributed by atoms with van der Waals surface area (Å²) >= 11 is 0. The molecule has 2 rings (SSSR count). The molecule has 108 valence electrons. The molecule has 20 heavy (non-hydrogen) atoms. The van der Waals surface area contributed by atoms with Gasteiger partial charge in [-0.05, 0) is 18.9 Å². The van der Waals surface area contributed by atoms with Crippen LogP contribution in [0.25, 0.3) is 0 Å². The van der Waals surface area contributed by atoms with Gasteiger partial charge in [-0.15, -0.1) is 0 Å². The number of carbonyl (C=O) groups excluding carboxylic acids is 2. The lowest BCUT2D eigenvalue weighted by atomic mass is 10.0. The fourth-order valence-corrected chi connectivity index (χ4v) is 2.22. The van der Waals surface area contributed by atoms with Crippen molar-refractivity contribution in [1.82, 2.24) is 20.0 Å². The van der Waals surface area contributed by atoms with E-state index in [0.29, 0.717) is 13.1 Å². The van der Waals surface area contributed by atoms with Crippen LogP contribution in [-0.4, -0.2) is 45.6 Å². The number of aryl methyl sites for hydroxylation is 1. The number of rotatable bonds is 2. The van der Waals surface area contributed by atoms with Gasteiger partial charge < -0.3 is 10.2 Å². The summed E-state index contributed by atoms with van der Waals surface area (Å²) in [5.41, 5.74) is -0.0302. The molecule has 2 heterocycles. The smallest absolute Gasteiger partial charge is 0.271 e. The third-order valence-corrected chi connectivity index (χ3v) is 3.47. The van der Waals surface area contributed by atoms with E-state index in [9.17, 15) is 14.4 Å². The number of nitrogens with zero attached hydrogens (tertiary/aromatic N) is 3. The van der Waals surface area contributed by atoms with Crippen LogP contribution >= 0.6 is 0 Å². The third-order valence-electron chi connectivity index (χ3n) is 3.47. The Morgan fingerprint density at radius 1 is 1.30 bits per heavy atom. The standard InChI is InChI=1S/C13H18N4O3/c1-9(18)17-7-5-10(6-8-17)14-13(20)11-3-4-12(19)16(2)15-11/h3-4,10H,5-8H2,1-2H3,(H,14,20). The average Bonchev–Trinajstić information content (AvgIpc) is 2.42. The molecule has 1 aliphatic rings. The normalized spacial score (nSPS) is 16.0. The SMILES string of the molecule is CC(=O)N1CCC(NC(=O)c2ccc(=O)n(C)n2)CC1. The summed E-state index contributed by atoms with van der Waals surface area (Å²) in [5.74, 6) is -0.226. The number of aromatic nitrogens is 2. The molecule has 7 heteroatoms. The van der Waals surface area contributed by atoms with E-state index < -0.39 is 0 Å². The molecule has 0 radical (unpaired) electrons. The fourth-order valence-electron chi connectivity index (χ4n) is 2.22. The maximum Gasteiger partial charge on any atom is 0.271 e. The molecule has 0 aliphatic carbocycles. The van der Waals surface area contributed by atoms with Crippen LogP contribution < -0.4 is 10.9 Å². The quantitative estimate of drug-likeness (QED) is 0.792. The number of nitrogens with one attached hydrogen (secondary N) is 1. The van der Waals surface area contributed by atoms with Crippen LogP contribution in [0, 0.1) is 0 Å². The molecule has 1 saturated heterocycles. The van der Waals surface area contributed by atoms with E-state index in [1.54, 1.807) is 11.8 Å². The Morgan fingerprint density at radius 2 is 1.95 bits per heavy atom. The molecule has 0 atom stereocenters. The van der Waals surface area contributed by atoms with Gasteiger partial charge in [-0.25, -0.2) is 4.68 Å². The molecule has 1 N–H and O–H groups in total. The number of amides is 2. The second kappa shape index (κ2) is 5.85. The predicted octanol–water partition coefficient (Wildman–Crippen LogP) is -0.479. The zero-order chi connectivity index (χ0) is 14.7. The van der Waals surface area contributed by atoms with E-state index >= 15 is 0 Å². The summed E-state index contributed by atoms with van der Waals surface area (Å²) in [6.07, 6.45) is 1.47. The van der Waals surface area contributed by atoms with E-state index in [0.717, 1.165) is 17.5 Å². The molecular formula is C13H18N4O3. The molecule has 7 nitrogen and oxygen atoms in total. The summed E-state index contributed by atoms with van der Waals surface area (Å²) in [5, 5.41) is 6.80. The molecule has 0 bridgehead atoms. The van der Waals surface area contributed by atoms with Crippen molar-refractivity contribution in [2.45, 2.75) is 25.8 Å². The van der Waals surface area contributed by atoms with Gasteiger partial charge in [0.2, 0.25) is 5.91 Å². The first kappa shape index (κ1) is 14.2. The largest absolute Gasteiger partial charge is 0.348 e. The maximum atomic E-state index is 12.0. The molecule has 1 fully saturated rings. The van der Waals surface area contributed by atoms with Crippen molar-refractivity contribution < 1.29 is 9.59 Å². The van der Waals surface area contributed by atoms with Gasteiger partial charge in [0.1, 0.15) is 5.69 Å². The minimum absolute atomic E-state index is 0.0390. The summed E-state index contributed by atoms with van der Waals surface area (Å²) in [6, 6.07) is 2.78. The molecule has 1 aromatic rings. The summed E-state index contributed by atoms with van der Waals surface area (Å²) < 4.78 is 1.13. The van der Waals surface area contributed by atoms with E-state index in [4.69, 9.17) is 0 Å². The maximum absolute atomic E-state index is 12.0. The Bertz CT molecular complexity index is 573. The molecule has 0 spiro atoms. The van der Waals surface area contributed by atoms with Crippen molar-refractivity contribution >= 4 is 11.8 Å². The summed E-state index contributed by atoms with van der Waals surface area (Å²) in [6.45, 7) is 2.86. The highest BCUT2D eigenvalue weighted by Crippen LogP contribution is 2.10. The Kier molecular flexibility index (Phi) is 4.16. The van der Waals surface area contributed by atoms with Crippen LogP contribution in [0.1, 0.15) is 30.3 Å². The van der Waals surface area contributed by atoms with Crippen molar-refractivity contribution in [3.8, 4) is 0 Å². The topological polar surface area (TPSA) is 84.3 Å². The Labute approximate surface area is 116 Å². The highest BCUT2D eigenvalue weighted by atomic mass is 16.2. The first-order valence-corrected chi connectivity index (χ1v) is 6.58. The Morgan fingerprint density at radius 3 is 2.50 bits per heavy atom. The number of likely N-dealkylation sites (tertiary alicyclic amines) is 1. The monoisotopic (exact) mass is 278 g/mol.